The average molecular weight is 259 g/mol. The number of hydrogen-bond donors (Lipinski definition) is 0. The molecule has 0 unspecified atom stereocenters. The summed E-state index contributed by atoms with van der Waals surface area (Å²) in [7, 11) is 0. The molecule has 0 spiro atoms. The van der Waals surface area contributed by atoms with E-state index in [1.807, 2.05) is 30.9 Å². The lowest BCUT2D eigenvalue weighted by Gasteiger charge is -2.19. The highest BCUT2D eigenvalue weighted by atomic mass is 16.2. The quantitative estimate of drug-likeness (QED) is 0.780. The third-order valence-corrected chi connectivity index (χ3v) is 4.09. The van der Waals surface area contributed by atoms with Crippen molar-refractivity contribution < 1.29 is 4.79 Å². The van der Waals surface area contributed by atoms with Crippen molar-refractivity contribution in [3.05, 3.63) is 34.9 Å². The SMILES string of the molecule is CC.Cc1ccc2c(c1)CN(CC1CCCC1)C2=O. The third kappa shape index (κ3) is 2.99. The number of nitrogens with zero attached hydrogens (tertiary/aromatic N) is 1. The predicted octanol–water partition coefficient (Wildman–Crippen LogP) is 4.17. The van der Waals surface area contributed by atoms with E-state index < -0.39 is 0 Å². The molecule has 2 aliphatic rings. The summed E-state index contributed by atoms with van der Waals surface area (Å²) in [4.78, 5) is 14.3. The fourth-order valence-electron chi connectivity index (χ4n) is 3.16. The molecule has 2 heteroatoms. The Bertz CT molecular complexity index is 447. The Morgan fingerprint density at radius 2 is 1.89 bits per heavy atom. The summed E-state index contributed by atoms with van der Waals surface area (Å²) in [6.45, 7) is 7.88. The second-order valence-electron chi connectivity index (χ2n) is 5.50. The third-order valence-electron chi connectivity index (χ3n) is 4.09. The Labute approximate surface area is 116 Å². The van der Waals surface area contributed by atoms with Gasteiger partial charge in [0.05, 0.1) is 0 Å². The number of amides is 1. The highest BCUT2D eigenvalue weighted by Crippen LogP contribution is 2.29. The van der Waals surface area contributed by atoms with Crippen molar-refractivity contribution in [2.45, 2.75) is 53.0 Å². The van der Waals surface area contributed by atoms with E-state index in [1.54, 1.807) is 0 Å². The van der Waals surface area contributed by atoms with E-state index in [1.165, 1.54) is 36.8 Å². The number of carbonyl (C=O) groups excluding carboxylic acids is 1. The minimum Gasteiger partial charge on any atom is -0.334 e. The van der Waals surface area contributed by atoms with Crippen LogP contribution in [0.1, 0.15) is 61.0 Å². The molecule has 2 nitrogen and oxygen atoms in total. The fraction of sp³-hybridized carbons (Fsp3) is 0.588. The van der Waals surface area contributed by atoms with Gasteiger partial charge in [-0.05, 0) is 37.3 Å². The highest BCUT2D eigenvalue weighted by molar-refractivity contribution is 5.98. The molecular formula is C17H25NO. The van der Waals surface area contributed by atoms with Gasteiger partial charge in [0.25, 0.3) is 5.91 Å². The molecule has 3 rings (SSSR count). The Kier molecular flexibility index (Phi) is 4.62. The summed E-state index contributed by atoms with van der Waals surface area (Å²) >= 11 is 0. The molecule has 0 radical (unpaired) electrons. The van der Waals surface area contributed by atoms with Crippen LogP contribution in [-0.4, -0.2) is 17.4 Å². The first-order chi connectivity index (χ1) is 9.24. The van der Waals surface area contributed by atoms with Crippen LogP contribution in [0.5, 0.6) is 0 Å². The fourth-order valence-corrected chi connectivity index (χ4v) is 3.16. The molecule has 1 aromatic rings. The second-order valence-corrected chi connectivity index (χ2v) is 5.50. The van der Waals surface area contributed by atoms with Gasteiger partial charge in [0, 0.05) is 18.7 Å². The topological polar surface area (TPSA) is 20.3 Å². The van der Waals surface area contributed by atoms with Gasteiger partial charge in [-0.15, -0.1) is 0 Å². The van der Waals surface area contributed by atoms with Crippen LogP contribution in [0.2, 0.25) is 0 Å². The van der Waals surface area contributed by atoms with Crippen LogP contribution in [0.4, 0.5) is 0 Å². The largest absolute Gasteiger partial charge is 0.334 e. The van der Waals surface area contributed by atoms with E-state index in [-0.39, 0.29) is 5.91 Å². The highest BCUT2D eigenvalue weighted by Gasteiger charge is 2.29. The molecule has 0 N–H and O–H groups in total. The van der Waals surface area contributed by atoms with Crippen molar-refractivity contribution >= 4 is 5.91 Å². The molecule has 1 amide bonds. The maximum Gasteiger partial charge on any atom is 0.254 e. The van der Waals surface area contributed by atoms with E-state index in [2.05, 4.69) is 13.0 Å². The van der Waals surface area contributed by atoms with Crippen LogP contribution >= 0.6 is 0 Å². The predicted molar refractivity (Wildman–Crippen MR) is 79.2 cm³/mol. The molecule has 1 aliphatic heterocycles. The van der Waals surface area contributed by atoms with Crippen molar-refractivity contribution in [1.82, 2.24) is 4.90 Å². The molecule has 1 heterocycles. The zero-order chi connectivity index (χ0) is 13.8. The van der Waals surface area contributed by atoms with E-state index >= 15 is 0 Å². The molecule has 104 valence electrons. The summed E-state index contributed by atoms with van der Waals surface area (Å²) in [6, 6.07) is 6.18. The summed E-state index contributed by atoms with van der Waals surface area (Å²) in [5.41, 5.74) is 3.39. The molecule has 1 saturated carbocycles. The molecule has 0 bridgehead atoms. The maximum atomic E-state index is 12.2. The van der Waals surface area contributed by atoms with Crippen molar-refractivity contribution in [2.75, 3.05) is 6.54 Å². The van der Waals surface area contributed by atoms with Crippen LogP contribution in [0, 0.1) is 12.8 Å². The number of rotatable bonds is 2. The van der Waals surface area contributed by atoms with Gasteiger partial charge in [-0.2, -0.15) is 0 Å². The molecular weight excluding hydrogens is 234 g/mol. The van der Waals surface area contributed by atoms with Gasteiger partial charge in [0.2, 0.25) is 0 Å². The molecule has 1 aliphatic carbocycles. The lowest BCUT2D eigenvalue weighted by molar-refractivity contribution is 0.0753. The number of benzene rings is 1. The van der Waals surface area contributed by atoms with E-state index in [0.29, 0.717) is 0 Å². The Morgan fingerprint density at radius 3 is 2.58 bits per heavy atom. The summed E-state index contributed by atoms with van der Waals surface area (Å²) < 4.78 is 0. The number of carbonyl (C=O) groups is 1. The first kappa shape index (κ1) is 14.1. The summed E-state index contributed by atoms with van der Waals surface area (Å²) in [6.07, 6.45) is 5.30. The average Bonchev–Trinajstić information content (AvgIpc) is 3.02. The van der Waals surface area contributed by atoms with Crippen molar-refractivity contribution in [1.29, 1.82) is 0 Å². The van der Waals surface area contributed by atoms with Gasteiger partial charge in [0.15, 0.2) is 0 Å². The van der Waals surface area contributed by atoms with Crippen LogP contribution < -0.4 is 0 Å². The molecule has 0 atom stereocenters. The van der Waals surface area contributed by atoms with Crippen molar-refractivity contribution in [2.24, 2.45) is 5.92 Å². The van der Waals surface area contributed by atoms with Gasteiger partial charge < -0.3 is 4.90 Å². The minimum absolute atomic E-state index is 0.243. The standard InChI is InChI=1S/C15H19NO.C2H6/c1-11-6-7-14-13(8-11)10-16(15(14)17)9-12-4-2-3-5-12;1-2/h6-8,12H,2-5,9-10H2,1H3;1-2H3. The van der Waals surface area contributed by atoms with Crippen LogP contribution in [-0.2, 0) is 6.54 Å². The van der Waals surface area contributed by atoms with E-state index in [0.717, 1.165) is 24.6 Å². The normalized spacial score (nSPS) is 18.3. The Balaban J connectivity index is 0.000000637. The van der Waals surface area contributed by atoms with Crippen LogP contribution in [0.3, 0.4) is 0 Å². The smallest absolute Gasteiger partial charge is 0.254 e. The monoisotopic (exact) mass is 259 g/mol. The van der Waals surface area contributed by atoms with Crippen molar-refractivity contribution in [3.8, 4) is 0 Å². The van der Waals surface area contributed by atoms with E-state index in [4.69, 9.17) is 0 Å². The van der Waals surface area contributed by atoms with Crippen LogP contribution in [0.15, 0.2) is 18.2 Å². The number of aryl methyl sites for hydroxylation is 1. The number of hydrogen-bond acceptors (Lipinski definition) is 1. The molecule has 0 saturated heterocycles. The molecule has 1 aromatic carbocycles. The maximum absolute atomic E-state index is 12.2. The van der Waals surface area contributed by atoms with E-state index in [9.17, 15) is 4.79 Å². The zero-order valence-corrected chi connectivity index (χ0v) is 12.4. The Hall–Kier alpha value is -1.31. The first-order valence-electron chi connectivity index (χ1n) is 7.63. The molecule has 0 aromatic heterocycles. The van der Waals surface area contributed by atoms with Gasteiger partial charge in [-0.25, -0.2) is 0 Å². The minimum atomic E-state index is 0.243. The Morgan fingerprint density at radius 1 is 1.21 bits per heavy atom. The number of fused-ring (bicyclic) bond motifs is 1. The van der Waals surface area contributed by atoms with Gasteiger partial charge in [0.1, 0.15) is 0 Å². The second kappa shape index (κ2) is 6.23. The van der Waals surface area contributed by atoms with Gasteiger partial charge in [-0.3, -0.25) is 4.79 Å². The lowest BCUT2D eigenvalue weighted by Crippen LogP contribution is -2.28. The summed E-state index contributed by atoms with van der Waals surface area (Å²) in [5.74, 6) is 0.987. The zero-order valence-electron chi connectivity index (χ0n) is 12.4. The molecule has 1 fully saturated rings. The van der Waals surface area contributed by atoms with Crippen LogP contribution in [0.25, 0.3) is 0 Å². The first-order valence-corrected chi connectivity index (χ1v) is 7.63. The summed E-state index contributed by atoms with van der Waals surface area (Å²) in [5, 5.41) is 0. The van der Waals surface area contributed by atoms with Gasteiger partial charge in [-0.1, -0.05) is 44.4 Å². The lowest BCUT2D eigenvalue weighted by atomic mass is 10.1. The van der Waals surface area contributed by atoms with Gasteiger partial charge >= 0.3 is 0 Å². The molecule has 19 heavy (non-hydrogen) atoms. The van der Waals surface area contributed by atoms with Crippen molar-refractivity contribution in [3.63, 3.8) is 0 Å².